The van der Waals surface area contributed by atoms with E-state index in [0.29, 0.717) is 0 Å². The normalized spacial score (nSPS) is 8.86. The Morgan fingerprint density at radius 2 is 1.29 bits per heavy atom. The van der Waals surface area contributed by atoms with Crippen molar-refractivity contribution in [2.45, 2.75) is 0 Å². The van der Waals surface area contributed by atoms with E-state index < -0.39 is 0 Å². The van der Waals surface area contributed by atoms with Gasteiger partial charge in [0.05, 0.1) is 0 Å². The number of aromatic nitrogens is 1. The van der Waals surface area contributed by atoms with Gasteiger partial charge in [0.1, 0.15) is 0 Å². The lowest BCUT2D eigenvalue weighted by atomic mass is 10.2. The number of rotatable bonds is 0. The van der Waals surface area contributed by atoms with Gasteiger partial charge in [-0.05, 0) is 24.3 Å². The van der Waals surface area contributed by atoms with Gasteiger partial charge in [-0.15, -0.1) is 0 Å². The van der Waals surface area contributed by atoms with Crippen LogP contribution in [0, 0.1) is 11.8 Å². The average molecular weight is 179 g/mol. The molecule has 0 saturated carbocycles. The third kappa shape index (κ3) is 2.21. The molecular formula is C13H9N. The summed E-state index contributed by atoms with van der Waals surface area (Å²) in [7, 11) is 0. The third-order valence-electron chi connectivity index (χ3n) is 1.81. The molecule has 0 unspecified atom stereocenters. The minimum Gasteiger partial charge on any atom is -0.265 e. The lowest BCUT2D eigenvalue weighted by molar-refractivity contribution is 1.32. The van der Waals surface area contributed by atoms with Gasteiger partial charge in [0.2, 0.25) is 0 Å². The molecule has 0 N–H and O–H groups in total. The molecule has 66 valence electrons. The molecule has 0 fully saturated rings. The highest BCUT2D eigenvalue weighted by Crippen LogP contribution is 1.97. The van der Waals surface area contributed by atoms with Gasteiger partial charge in [0.15, 0.2) is 0 Å². The molecule has 0 saturated heterocycles. The Balaban J connectivity index is 2.24. The molecule has 1 nitrogen and oxygen atoms in total. The van der Waals surface area contributed by atoms with Gasteiger partial charge in [0.25, 0.3) is 0 Å². The van der Waals surface area contributed by atoms with E-state index in [9.17, 15) is 0 Å². The number of hydrogen-bond acceptors (Lipinski definition) is 1. The van der Waals surface area contributed by atoms with Crippen molar-refractivity contribution in [1.82, 2.24) is 4.98 Å². The van der Waals surface area contributed by atoms with Crippen LogP contribution in [0.4, 0.5) is 0 Å². The second-order valence-corrected chi connectivity index (χ2v) is 2.85. The van der Waals surface area contributed by atoms with E-state index >= 15 is 0 Å². The van der Waals surface area contributed by atoms with Gasteiger partial charge in [-0.1, -0.05) is 30.0 Å². The molecule has 0 amide bonds. The first kappa shape index (κ1) is 8.52. The standard InChI is InChI=1S/C13H9N/c1-2-4-12(5-3-1)6-7-13-8-10-14-11-9-13/h1-5,8-11H. The highest BCUT2D eigenvalue weighted by Gasteiger charge is 1.83. The van der Waals surface area contributed by atoms with E-state index in [1.54, 1.807) is 12.4 Å². The van der Waals surface area contributed by atoms with Crippen molar-refractivity contribution < 1.29 is 0 Å². The van der Waals surface area contributed by atoms with Crippen LogP contribution in [-0.2, 0) is 0 Å². The zero-order valence-electron chi connectivity index (χ0n) is 7.64. The summed E-state index contributed by atoms with van der Waals surface area (Å²) in [6, 6.07) is 13.7. The fourth-order valence-corrected chi connectivity index (χ4v) is 1.10. The van der Waals surface area contributed by atoms with Crippen molar-refractivity contribution in [2.24, 2.45) is 0 Å². The maximum atomic E-state index is 3.93. The second kappa shape index (κ2) is 4.25. The Hall–Kier alpha value is -2.07. The number of pyridine rings is 1. The first-order valence-corrected chi connectivity index (χ1v) is 4.42. The van der Waals surface area contributed by atoms with Crippen molar-refractivity contribution in [3.05, 3.63) is 66.0 Å². The summed E-state index contributed by atoms with van der Waals surface area (Å²) >= 11 is 0. The fourth-order valence-electron chi connectivity index (χ4n) is 1.10. The van der Waals surface area contributed by atoms with Gasteiger partial charge in [-0.2, -0.15) is 0 Å². The molecule has 2 rings (SSSR count). The summed E-state index contributed by atoms with van der Waals surface area (Å²) in [5.74, 6) is 6.15. The van der Waals surface area contributed by atoms with E-state index in [1.165, 1.54) is 0 Å². The lowest BCUT2D eigenvalue weighted by Gasteiger charge is -1.87. The van der Waals surface area contributed by atoms with Crippen molar-refractivity contribution in [2.75, 3.05) is 0 Å². The van der Waals surface area contributed by atoms with Crippen LogP contribution in [0.25, 0.3) is 0 Å². The van der Waals surface area contributed by atoms with Crippen molar-refractivity contribution in [3.63, 3.8) is 0 Å². The molecule has 1 aromatic heterocycles. The van der Waals surface area contributed by atoms with Crippen molar-refractivity contribution >= 4 is 0 Å². The Morgan fingerprint density at radius 1 is 0.714 bits per heavy atom. The van der Waals surface area contributed by atoms with E-state index in [-0.39, 0.29) is 0 Å². The van der Waals surface area contributed by atoms with Crippen molar-refractivity contribution in [1.29, 1.82) is 0 Å². The maximum absolute atomic E-state index is 3.93. The summed E-state index contributed by atoms with van der Waals surface area (Å²) < 4.78 is 0. The summed E-state index contributed by atoms with van der Waals surface area (Å²) in [5, 5.41) is 0. The third-order valence-corrected chi connectivity index (χ3v) is 1.81. The van der Waals surface area contributed by atoms with Gasteiger partial charge >= 0.3 is 0 Å². The molecule has 0 aliphatic carbocycles. The first-order chi connectivity index (χ1) is 6.95. The Bertz CT molecular complexity index is 405. The molecular weight excluding hydrogens is 170 g/mol. The molecule has 0 radical (unpaired) electrons. The Labute approximate surface area is 83.4 Å². The molecule has 0 bridgehead atoms. The zero-order valence-corrected chi connectivity index (χ0v) is 7.64. The van der Waals surface area contributed by atoms with Crippen molar-refractivity contribution in [3.8, 4) is 11.8 Å². The monoisotopic (exact) mass is 179 g/mol. The maximum Gasteiger partial charge on any atom is 0.0280 e. The minimum atomic E-state index is 0.990. The molecule has 0 aliphatic rings. The second-order valence-electron chi connectivity index (χ2n) is 2.85. The Kier molecular flexibility index (Phi) is 2.59. The summed E-state index contributed by atoms with van der Waals surface area (Å²) in [4.78, 5) is 3.93. The van der Waals surface area contributed by atoms with Crippen LogP contribution >= 0.6 is 0 Å². The minimum absolute atomic E-state index is 0.990. The molecule has 2 aromatic rings. The van der Waals surface area contributed by atoms with Crippen LogP contribution in [-0.4, -0.2) is 4.98 Å². The quantitative estimate of drug-likeness (QED) is 0.566. The summed E-state index contributed by atoms with van der Waals surface area (Å²) in [6.07, 6.45) is 3.49. The molecule has 1 aromatic carbocycles. The molecule has 1 heterocycles. The summed E-state index contributed by atoms with van der Waals surface area (Å²) in [6.45, 7) is 0. The topological polar surface area (TPSA) is 12.9 Å². The van der Waals surface area contributed by atoms with Gasteiger partial charge in [-0.25, -0.2) is 0 Å². The molecule has 0 atom stereocenters. The van der Waals surface area contributed by atoms with Gasteiger partial charge < -0.3 is 0 Å². The van der Waals surface area contributed by atoms with E-state index in [1.807, 2.05) is 42.5 Å². The lowest BCUT2D eigenvalue weighted by Crippen LogP contribution is -1.75. The Morgan fingerprint density at radius 3 is 1.93 bits per heavy atom. The summed E-state index contributed by atoms with van der Waals surface area (Å²) in [5.41, 5.74) is 2.02. The van der Waals surface area contributed by atoms with Crippen LogP contribution in [0.5, 0.6) is 0 Å². The van der Waals surface area contributed by atoms with E-state index in [2.05, 4.69) is 16.8 Å². The smallest absolute Gasteiger partial charge is 0.0280 e. The number of nitrogens with zero attached hydrogens (tertiary/aromatic N) is 1. The van der Waals surface area contributed by atoms with Crippen LogP contribution in [0.1, 0.15) is 11.1 Å². The van der Waals surface area contributed by atoms with Crippen LogP contribution in [0.15, 0.2) is 54.9 Å². The molecule has 0 spiro atoms. The van der Waals surface area contributed by atoms with Gasteiger partial charge in [0, 0.05) is 23.5 Å². The highest BCUT2D eigenvalue weighted by atomic mass is 14.6. The average Bonchev–Trinajstić information content (AvgIpc) is 2.29. The highest BCUT2D eigenvalue weighted by molar-refractivity contribution is 5.41. The molecule has 1 heteroatoms. The predicted octanol–water partition coefficient (Wildman–Crippen LogP) is 2.48. The van der Waals surface area contributed by atoms with Crippen LogP contribution < -0.4 is 0 Å². The number of benzene rings is 1. The fraction of sp³-hybridized carbons (Fsp3) is 0. The predicted molar refractivity (Wildman–Crippen MR) is 56.7 cm³/mol. The molecule has 14 heavy (non-hydrogen) atoms. The van der Waals surface area contributed by atoms with Crippen LogP contribution in [0.3, 0.4) is 0 Å². The van der Waals surface area contributed by atoms with Crippen LogP contribution in [0.2, 0.25) is 0 Å². The van der Waals surface area contributed by atoms with E-state index in [0.717, 1.165) is 11.1 Å². The van der Waals surface area contributed by atoms with E-state index in [4.69, 9.17) is 0 Å². The number of hydrogen-bond donors (Lipinski definition) is 0. The molecule has 0 aliphatic heterocycles. The van der Waals surface area contributed by atoms with Gasteiger partial charge in [-0.3, -0.25) is 4.98 Å². The zero-order chi connectivity index (χ0) is 9.64. The largest absolute Gasteiger partial charge is 0.265 e. The first-order valence-electron chi connectivity index (χ1n) is 4.42. The SMILES string of the molecule is C(#Cc1ccncc1)c1ccccc1.